The highest BCUT2D eigenvalue weighted by Gasteiger charge is 2.30. The Hall–Kier alpha value is -3.64. The normalized spacial score (nSPS) is 15.8. The van der Waals surface area contributed by atoms with E-state index >= 15 is 0 Å². The lowest BCUT2D eigenvalue weighted by molar-refractivity contribution is -0.116. The van der Waals surface area contributed by atoms with Crippen molar-refractivity contribution in [1.82, 2.24) is 9.55 Å². The van der Waals surface area contributed by atoms with Crippen LogP contribution in [0.3, 0.4) is 0 Å². The van der Waals surface area contributed by atoms with Crippen LogP contribution in [-0.4, -0.2) is 36.2 Å². The van der Waals surface area contributed by atoms with Crippen LogP contribution in [-0.2, 0) is 21.4 Å². The van der Waals surface area contributed by atoms with Crippen molar-refractivity contribution < 1.29 is 13.2 Å². The summed E-state index contributed by atoms with van der Waals surface area (Å²) < 4.78 is 27.8. The number of sulfonamides is 1. The lowest BCUT2D eigenvalue weighted by Gasteiger charge is -2.20. The first kappa shape index (κ1) is 21.6. The summed E-state index contributed by atoms with van der Waals surface area (Å²) in [5, 5.41) is 12.5. The molecular formula is C23H23N5O3S. The molecule has 0 saturated carbocycles. The van der Waals surface area contributed by atoms with E-state index in [1.54, 1.807) is 35.2 Å². The average Bonchev–Trinajstić information content (AvgIpc) is 3.36. The first-order valence-corrected chi connectivity index (χ1v) is 11.9. The molecule has 1 fully saturated rings. The van der Waals surface area contributed by atoms with Gasteiger partial charge in [-0.2, -0.15) is 5.26 Å². The van der Waals surface area contributed by atoms with Gasteiger partial charge < -0.3 is 9.88 Å². The second-order valence-corrected chi connectivity index (χ2v) is 9.71. The minimum absolute atomic E-state index is 0.115. The number of hydrogen-bond donors (Lipinski definition) is 1. The monoisotopic (exact) mass is 449 g/mol. The molecule has 1 atom stereocenters. The molecule has 3 aromatic rings. The summed E-state index contributed by atoms with van der Waals surface area (Å²) in [4.78, 5) is 17.2. The van der Waals surface area contributed by atoms with Gasteiger partial charge in [0.05, 0.1) is 17.5 Å². The summed E-state index contributed by atoms with van der Waals surface area (Å²) in [5.74, 6) is -1.17. The zero-order chi connectivity index (χ0) is 22.7. The fourth-order valence-corrected chi connectivity index (χ4v) is 5.43. The summed E-state index contributed by atoms with van der Waals surface area (Å²) in [6.07, 6.45) is 3.87. The Bertz CT molecular complexity index is 1280. The van der Waals surface area contributed by atoms with Crippen molar-refractivity contribution in [2.45, 2.75) is 25.8 Å². The van der Waals surface area contributed by atoms with Gasteiger partial charge in [-0.15, -0.1) is 0 Å². The van der Waals surface area contributed by atoms with E-state index in [1.807, 2.05) is 43.3 Å². The minimum Gasteiger partial charge on any atom is -0.329 e. The van der Waals surface area contributed by atoms with Crippen LogP contribution in [0.2, 0.25) is 0 Å². The van der Waals surface area contributed by atoms with E-state index in [0.717, 1.165) is 11.1 Å². The first-order valence-electron chi connectivity index (χ1n) is 10.3. The van der Waals surface area contributed by atoms with E-state index in [4.69, 9.17) is 0 Å². The van der Waals surface area contributed by atoms with E-state index in [9.17, 15) is 18.5 Å². The molecular weight excluding hydrogens is 426 g/mol. The molecule has 1 N–H and O–H groups in total. The van der Waals surface area contributed by atoms with Crippen molar-refractivity contribution in [2.24, 2.45) is 0 Å². The van der Waals surface area contributed by atoms with Crippen molar-refractivity contribution in [3.05, 3.63) is 77.9 Å². The summed E-state index contributed by atoms with van der Waals surface area (Å²) >= 11 is 0. The maximum atomic E-state index is 13.0. The van der Waals surface area contributed by atoms with Crippen molar-refractivity contribution in [2.75, 3.05) is 21.9 Å². The van der Waals surface area contributed by atoms with Crippen LogP contribution in [0.25, 0.3) is 0 Å². The van der Waals surface area contributed by atoms with Gasteiger partial charge in [0, 0.05) is 31.2 Å². The third kappa shape index (κ3) is 4.36. The van der Waals surface area contributed by atoms with E-state index in [-0.39, 0.29) is 5.75 Å². The Labute approximate surface area is 187 Å². The first-order chi connectivity index (χ1) is 15.4. The fraction of sp³-hybridized carbons (Fsp3) is 0.261. The molecule has 1 unspecified atom stereocenters. The second-order valence-electron chi connectivity index (χ2n) is 7.69. The van der Waals surface area contributed by atoms with Crippen molar-refractivity contribution >= 4 is 27.3 Å². The SMILES string of the molecule is Cc1ccc(NC(=O)C(C#N)c2nccn2Cc2ccccc2)cc1N1CCCS1(=O)=O. The number of anilines is 2. The third-order valence-electron chi connectivity index (χ3n) is 5.44. The molecule has 1 aromatic heterocycles. The van der Waals surface area contributed by atoms with Crippen LogP contribution in [0.15, 0.2) is 60.9 Å². The Balaban J connectivity index is 1.56. The van der Waals surface area contributed by atoms with Gasteiger partial charge in [-0.25, -0.2) is 13.4 Å². The zero-order valence-corrected chi connectivity index (χ0v) is 18.4. The number of carbonyl (C=O) groups is 1. The fourth-order valence-electron chi connectivity index (χ4n) is 3.81. The van der Waals surface area contributed by atoms with Crippen molar-refractivity contribution in [3.8, 4) is 6.07 Å². The van der Waals surface area contributed by atoms with E-state index in [1.165, 1.54) is 4.31 Å². The number of nitrogens with one attached hydrogen (secondary N) is 1. The Morgan fingerprint density at radius 2 is 2.03 bits per heavy atom. The molecule has 1 aliphatic rings. The van der Waals surface area contributed by atoms with Gasteiger partial charge in [0.2, 0.25) is 15.9 Å². The molecule has 0 spiro atoms. The van der Waals surface area contributed by atoms with Gasteiger partial charge in [-0.05, 0) is 36.6 Å². The molecule has 4 rings (SSSR count). The van der Waals surface area contributed by atoms with Gasteiger partial charge in [0.25, 0.3) is 0 Å². The number of nitrogens with zero attached hydrogens (tertiary/aromatic N) is 4. The van der Waals surface area contributed by atoms with Crippen LogP contribution in [0.1, 0.15) is 29.3 Å². The molecule has 164 valence electrons. The summed E-state index contributed by atoms with van der Waals surface area (Å²) in [6.45, 7) is 2.73. The molecule has 0 radical (unpaired) electrons. The highest BCUT2D eigenvalue weighted by molar-refractivity contribution is 7.93. The zero-order valence-electron chi connectivity index (χ0n) is 17.6. The van der Waals surface area contributed by atoms with Gasteiger partial charge >= 0.3 is 0 Å². The number of aromatic nitrogens is 2. The Morgan fingerprint density at radius 1 is 1.25 bits per heavy atom. The number of aryl methyl sites for hydroxylation is 1. The number of amides is 1. The molecule has 9 heteroatoms. The molecule has 0 aliphatic carbocycles. The molecule has 8 nitrogen and oxygen atoms in total. The smallest absolute Gasteiger partial charge is 0.249 e. The predicted molar refractivity (Wildman–Crippen MR) is 122 cm³/mol. The van der Waals surface area contributed by atoms with Gasteiger partial charge in [-0.1, -0.05) is 36.4 Å². The summed E-state index contributed by atoms with van der Waals surface area (Å²) in [6, 6.07) is 16.8. The van der Waals surface area contributed by atoms with Crippen LogP contribution in [0.5, 0.6) is 0 Å². The number of carbonyl (C=O) groups excluding carboxylic acids is 1. The standard InChI is InChI=1S/C23H23N5O3S/c1-17-8-9-19(14-21(17)28-11-5-13-32(28,30)31)26-23(29)20(15-24)22-25-10-12-27(22)16-18-6-3-2-4-7-18/h2-4,6-10,12,14,20H,5,11,13,16H2,1H3,(H,26,29). The van der Waals surface area contributed by atoms with Gasteiger partial charge in [0.1, 0.15) is 5.82 Å². The lowest BCUT2D eigenvalue weighted by Crippen LogP contribution is -2.26. The van der Waals surface area contributed by atoms with Crippen molar-refractivity contribution in [1.29, 1.82) is 5.26 Å². The van der Waals surface area contributed by atoms with Crippen LogP contribution in [0, 0.1) is 18.3 Å². The van der Waals surface area contributed by atoms with Gasteiger partial charge in [0.15, 0.2) is 5.92 Å². The largest absolute Gasteiger partial charge is 0.329 e. The summed E-state index contributed by atoms with van der Waals surface area (Å²) in [7, 11) is -3.34. The number of benzene rings is 2. The topological polar surface area (TPSA) is 108 Å². The Kier molecular flexibility index (Phi) is 5.97. The van der Waals surface area contributed by atoms with E-state index in [2.05, 4.69) is 10.3 Å². The second kappa shape index (κ2) is 8.85. The molecule has 1 aliphatic heterocycles. The van der Waals surface area contributed by atoms with Crippen LogP contribution >= 0.6 is 0 Å². The molecule has 0 bridgehead atoms. The number of hydrogen-bond acceptors (Lipinski definition) is 5. The van der Waals surface area contributed by atoms with Crippen molar-refractivity contribution in [3.63, 3.8) is 0 Å². The highest BCUT2D eigenvalue weighted by atomic mass is 32.2. The molecule has 1 amide bonds. The maximum Gasteiger partial charge on any atom is 0.249 e. The lowest BCUT2D eigenvalue weighted by atomic mass is 10.1. The van der Waals surface area contributed by atoms with E-state index in [0.29, 0.717) is 36.7 Å². The summed E-state index contributed by atoms with van der Waals surface area (Å²) in [5.41, 5.74) is 2.79. The number of nitriles is 1. The third-order valence-corrected chi connectivity index (χ3v) is 7.29. The quantitative estimate of drug-likeness (QED) is 0.622. The number of imidazole rings is 1. The van der Waals surface area contributed by atoms with E-state index < -0.39 is 21.8 Å². The minimum atomic E-state index is -3.34. The molecule has 1 saturated heterocycles. The highest BCUT2D eigenvalue weighted by Crippen LogP contribution is 2.30. The molecule has 32 heavy (non-hydrogen) atoms. The van der Waals surface area contributed by atoms with Gasteiger partial charge in [-0.3, -0.25) is 9.10 Å². The maximum absolute atomic E-state index is 13.0. The number of rotatable bonds is 6. The van der Waals surface area contributed by atoms with Crippen LogP contribution in [0.4, 0.5) is 11.4 Å². The Morgan fingerprint density at radius 3 is 2.72 bits per heavy atom. The van der Waals surface area contributed by atoms with Crippen LogP contribution < -0.4 is 9.62 Å². The average molecular weight is 450 g/mol. The molecule has 2 aromatic carbocycles. The molecule has 2 heterocycles. The predicted octanol–water partition coefficient (Wildman–Crippen LogP) is 3.03.